The molecule has 2 aromatic carbocycles. The fourth-order valence-electron chi connectivity index (χ4n) is 2.06. The summed E-state index contributed by atoms with van der Waals surface area (Å²) < 4.78 is 0. The van der Waals surface area contributed by atoms with Crippen molar-refractivity contribution in [2.75, 3.05) is 0 Å². The first-order valence-electron chi connectivity index (χ1n) is 5.99. The highest BCUT2D eigenvalue weighted by Gasteiger charge is 2.16. The molecule has 0 fully saturated rings. The van der Waals surface area contributed by atoms with Gasteiger partial charge in [-0.15, -0.1) is 0 Å². The SMILES string of the molecule is OC(c1ccc2nccnc2c1)c1cccc(Cl)c1Cl. The summed E-state index contributed by atoms with van der Waals surface area (Å²) in [6.45, 7) is 0. The zero-order valence-electron chi connectivity index (χ0n) is 10.3. The molecule has 0 aliphatic heterocycles. The quantitative estimate of drug-likeness (QED) is 0.778. The molecule has 0 saturated carbocycles. The first-order chi connectivity index (χ1) is 9.66. The number of rotatable bonds is 2. The smallest absolute Gasteiger partial charge is 0.106 e. The van der Waals surface area contributed by atoms with Gasteiger partial charge in [-0.2, -0.15) is 0 Å². The molecule has 1 unspecified atom stereocenters. The molecular weight excluding hydrogens is 295 g/mol. The van der Waals surface area contributed by atoms with Gasteiger partial charge in [0.25, 0.3) is 0 Å². The fraction of sp³-hybridized carbons (Fsp3) is 0.0667. The predicted molar refractivity (Wildman–Crippen MR) is 80.1 cm³/mol. The minimum atomic E-state index is -0.854. The van der Waals surface area contributed by atoms with Crippen LogP contribution in [0.2, 0.25) is 10.0 Å². The van der Waals surface area contributed by atoms with Crippen LogP contribution in [0.15, 0.2) is 48.8 Å². The van der Waals surface area contributed by atoms with Crippen LogP contribution in [0.4, 0.5) is 0 Å². The van der Waals surface area contributed by atoms with Crippen LogP contribution in [-0.2, 0) is 0 Å². The van der Waals surface area contributed by atoms with Gasteiger partial charge in [-0.25, -0.2) is 0 Å². The van der Waals surface area contributed by atoms with Crippen LogP contribution in [0.1, 0.15) is 17.2 Å². The normalized spacial score (nSPS) is 12.6. The number of hydrogen-bond donors (Lipinski definition) is 1. The van der Waals surface area contributed by atoms with Gasteiger partial charge >= 0.3 is 0 Å². The van der Waals surface area contributed by atoms with Gasteiger partial charge in [0, 0.05) is 18.0 Å². The maximum atomic E-state index is 10.5. The molecule has 3 nitrogen and oxygen atoms in total. The second-order valence-electron chi connectivity index (χ2n) is 4.35. The summed E-state index contributed by atoms with van der Waals surface area (Å²) in [6, 6.07) is 10.6. The Morgan fingerprint density at radius 1 is 0.950 bits per heavy atom. The number of hydrogen-bond acceptors (Lipinski definition) is 3. The minimum Gasteiger partial charge on any atom is -0.384 e. The average Bonchev–Trinajstić information content (AvgIpc) is 2.49. The van der Waals surface area contributed by atoms with Crippen molar-refractivity contribution in [1.82, 2.24) is 9.97 Å². The number of fused-ring (bicyclic) bond motifs is 1. The lowest BCUT2D eigenvalue weighted by Crippen LogP contribution is -2.01. The van der Waals surface area contributed by atoms with Gasteiger partial charge in [0.2, 0.25) is 0 Å². The molecular formula is C15H10Cl2N2O. The molecule has 1 aromatic heterocycles. The maximum absolute atomic E-state index is 10.5. The Labute approximate surface area is 125 Å². The minimum absolute atomic E-state index is 0.362. The third kappa shape index (κ3) is 2.36. The lowest BCUT2D eigenvalue weighted by atomic mass is 10.0. The summed E-state index contributed by atoms with van der Waals surface area (Å²) in [4.78, 5) is 8.42. The average molecular weight is 305 g/mol. The second kappa shape index (κ2) is 5.37. The highest BCUT2D eigenvalue weighted by molar-refractivity contribution is 6.42. The Morgan fingerprint density at radius 3 is 2.50 bits per heavy atom. The summed E-state index contributed by atoms with van der Waals surface area (Å²) in [5, 5.41) is 11.2. The van der Waals surface area contributed by atoms with E-state index in [2.05, 4.69) is 9.97 Å². The molecule has 3 rings (SSSR count). The van der Waals surface area contributed by atoms with Crippen molar-refractivity contribution in [3.05, 3.63) is 70.0 Å². The van der Waals surface area contributed by atoms with Gasteiger partial charge in [0.1, 0.15) is 6.10 Å². The zero-order valence-corrected chi connectivity index (χ0v) is 11.8. The third-order valence-corrected chi connectivity index (χ3v) is 3.92. The van der Waals surface area contributed by atoms with Crippen LogP contribution in [0.25, 0.3) is 11.0 Å². The van der Waals surface area contributed by atoms with Gasteiger partial charge in [0.15, 0.2) is 0 Å². The Kier molecular flexibility index (Phi) is 3.57. The summed E-state index contributed by atoms with van der Waals surface area (Å²) in [6.07, 6.45) is 2.39. The lowest BCUT2D eigenvalue weighted by Gasteiger charge is -2.14. The van der Waals surface area contributed by atoms with Crippen LogP contribution in [0, 0.1) is 0 Å². The molecule has 1 atom stereocenters. The van der Waals surface area contributed by atoms with Crippen LogP contribution in [0.3, 0.4) is 0 Å². The Balaban J connectivity index is 2.08. The van der Waals surface area contributed by atoms with Crippen molar-refractivity contribution in [3.63, 3.8) is 0 Å². The molecule has 0 radical (unpaired) electrons. The summed E-state index contributed by atoms with van der Waals surface area (Å²) in [7, 11) is 0. The largest absolute Gasteiger partial charge is 0.384 e. The van der Waals surface area contributed by atoms with Crippen LogP contribution < -0.4 is 0 Å². The Bertz CT molecular complexity index is 777. The molecule has 1 N–H and O–H groups in total. The first kappa shape index (κ1) is 13.3. The number of halogens is 2. The number of aromatic nitrogens is 2. The highest BCUT2D eigenvalue weighted by atomic mass is 35.5. The van der Waals surface area contributed by atoms with E-state index in [0.29, 0.717) is 21.2 Å². The summed E-state index contributed by atoms with van der Waals surface area (Å²) in [5.74, 6) is 0. The van der Waals surface area contributed by atoms with Crippen molar-refractivity contribution in [3.8, 4) is 0 Å². The predicted octanol–water partition coefficient (Wildman–Crippen LogP) is 4.02. The van der Waals surface area contributed by atoms with Gasteiger partial charge in [-0.3, -0.25) is 9.97 Å². The number of aliphatic hydroxyl groups excluding tert-OH is 1. The topological polar surface area (TPSA) is 46.0 Å². The van der Waals surface area contributed by atoms with Crippen molar-refractivity contribution in [2.24, 2.45) is 0 Å². The molecule has 0 saturated heterocycles. The molecule has 0 aliphatic rings. The van der Waals surface area contributed by atoms with Crippen molar-refractivity contribution < 1.29 is 5.11 Å². The molecule has 0 aliphatic carbocycles. The van der Waals surface area contributed by atoms with Crippen LogP contribution in [0.5, 0.6) is 0 Å². The van der Waals surface area contributed by atoms with Crippen molar-refractivity contribution in [2.45, 2.75) is 6.10 Å². The number of nitrogens with zero attached hydrogens (tertiary/aromatic N) is 2. The van der Waals surface area contributed by atoms with E-state index in [1.807, 2.05) is 6.07 Å². The van der Waals surface area contributed by atoms with Crippen molar-refractivity contribution >= 4 is 34.2 Å². The van der Waals surface area contributed by atoms with Gasteiger partial charge in [-0.1, -0.05) is 41.4 Å². The Hall–Kier alpha value is -1.68. The van der Waals surface area contributed by atoms with E-state index in [-0.39, 0.29) is 0 Å². The van der Waals surface area contributed by atoms with Gasteiger partial charge in [0.05, 0.1) is 21.1 Å². The molecule has 5 heteroatoms. The van der Waals surface area contributed by atoms with E-state index >= 15 is 0 Å². The summed E-state index contributed by atoms with van der Waals surface area (Å²) in [5.41, 5.74) is 2.77. The molecule has 1 heterocycles. The molecule has 0 amide bonds. The van der Waals surface area contributed by atoms with E-state index < -0.39 is 6.10 Å². The third-order valence-electron chi connectivity index (χ3n) is 3.09. The number of benzene rings is 2. The van der Waals surface area contributed by atoms with E-state index in [1.165, 1.54) is 0 Å². The van der Waals surface area contributed by atoms with Crippen molar-refractivity contribution in [1.29, 1.82) is 0 Å². The van der Waals surface area contributed by atoms with Crippen LogP contribution in [-0.4, -0.2) is 15.1 Å². The van der Waals surface area contributed by atoms with Crippen LogP contribution >= 0.6 is 23.2 Å². The van der Waals surface area contributed by atoms with Gasteiger partial charge in [-0.05, 0) is 23.8 Å². The molecule has 0 bridgehead atoms. The highest BCUT2D eigenvalue weighted by Crippen LogP contribution is 2.33. The molecule has 0 spiro atoms. The van der Waals surface area contributed by atoms with E-state index in [9.17, 15) is 5.11 Å². The fourth-order valence-corrected chi connectivity index (χ4v) is 2.47. The lowest BCUT2D eigenvalue weighted by molar-refractivity contribution is 0.220. The zero-order chi connectivity index (χ0) is 14.1. The van der Waals surface area contributed by atoms with E-state index in [1.54, 1.807) is 42.7 Å². The molecule has 20 heavy (non-hydrogen) atoms. The molecule has 3 aromatic rings. The second-order valence-corrected chi connectivity index (χ2v) is 5.14. The van der Waals surface area contributed by atoms with E-state index in [4.69, 9.17) is 23.2 Å². The first-order valence-corrected chi connectivity index (χ1v) is 6.75. The van der Waals surface area contributed by atoms with Gasteiger partial charge < -0.3 is 5.11 Å². The number of aliphatic hydroxyl groups is 1. The monoisotopic (exact) mass is 304 g/mol. The standard InChI is InChI=1S/C15H10Cl2N2O/c16-11-3-1-2-10(14(11)17)15(20)9-4-5-12-13(8-9)19-7-6-18-12/h1-8,15,20H. The maximum Gasteiger partial charge on any atom is 0.106 e. The van der Waals surface area contributed by atoms with E-state index in [0.717, 1.165) is 11.0 Å². The molecule has 100 valence electrons. The Morgan fingerprint density at radius 2 is 1.70 bits per heavy atom. The summed E-state index contributed by atoms with van der Waals surface area (Å²) >= 11 is 12.1.